The number of hydrogen-bond donors (Lipinski definition) is 1. The largest absolute Gasteiger partial charge is 0.313 e. The molecule has 0 saturated heterocycles. The van der Waals surface area contributed by atoms with Crippen LogP contribution in [0.3, 0.4) is 0 Å². The van der Waals surface area contributed by atoms with E-state index < -0.39 is 0 Å². The van der Waals surface area contributed by atoms with Crippen LogP contribution >= 0.6 is 12.4 Å². The molecule has 0 amide bonds. The Hall–Kier alpha value is -1.32. The van der Waals surface area contributed by atoms with Gasteiger partial charge in [-0.25, -0.2) is 0 Å². The summed E-state index contributed by atoms with van der Waals surface area (Å²) in [6.45, 7) is 2.07. The molecule has 17 heavy (non-hydrogen) atoms. The highest BCUT2D eigenvalue weighted by Gasteiger charge is 2.07. The first-order valence-electron chi connectivity index (χ1n) is 5.66. The van der Waals surface area contributed by atoms with Crippen LogP contribution in [0, 0.1) is 0 Å². The third-order valence-electron chi connectivity index (χ3n) is 3.18. The van der Waals surface area contributed by atoms with Gasteiger partial charge in [0.25, 0.3) is 0 Å². The third-order valence-corrected chi connectivity index (χ3v) is 3.18. The number of aryl methyl sites for hydroxylation is 1. The molecule has 90 valence electrons. The molecule has 0 aliphatic carbocycles. The second-order valence-corrected chi connectivity index (χ2v) is 4.23. The summed E-state index contributed by atoms with van der Waals surface area (Å²) in [5.74, 6) is 0. The molecular formula is C13H16ClN3. The topological polar surface area (TPSA) is 29.9 Å². The fraction of sp³-hybridized carbons (Fsp3) is 0.308. The first-order valence-corrected chi connectivity index (χ1v) is 5.66. The van der Waals surface area contributed by atoms with Crippen LogP contribution in [0.25, 0.3) is 16.5 Å². The lowest BCUT2D eigenvalue weighted by molar-refractivity contribution is 0.738. The smallest absolute Gasteiger partial charge is 0.0679 e. The van der Waals surface area contributed by atoms with Crippen LogP contribution in [0.1, 0.15) is 12.0 Å². The fourth-order valence-corrected chi connectivity index (χ4v) is 2.25. The molecule has 0 spiro atoms. The lowest BCUT2D eigenvalue weighted by Crippen LogP contribution is -2.19. The summed E-state index contributed by atoms with van der Waals surface area (Å²) in [4.78, 5) is 0. The SMILES string of the molecule is Cl.Cn1ncc2cc(C3=CCNCC3)ccc21. The predicted octanol–water partition coefficient (Wildman–Crippen LogP) is 2.37. The maximum Gasteiger partial charge on any atom is 0.0679 e. The van der Waals surface area contributed by atoms with Gasteiger partial charge in [-0.05, 0) is 36.2 Å². The maximum absolute atomic E-state index is 4.27. The zero-order valence-corrected chi connectivity index (χ0v) is 10.6. The summed E-state index contributed by atoms with van der Waals surface area (Å²) in [5.41, 5.74) is 3.98. The lowest BCUT2D eigenvalue weighted by Gasteiger charge is -2.14. The lowest BCUT2D eigenvalue weighted by atomic mass is 9.99. The fourth-order valence-electron chi connectivity index (χ4n) is 2.25. The minimum Gasteiger partial charge on any atom is -0.313 e. The zero-order valence-electron chi connectivity index (χ0n) is 9.81. The van der Waals surface area contributed by atoms with Crippen LogP contribution in [-0.4, -0.2) is 22.9 Å². The molecule has 2 heterocycles. The van der Waals surface area contributed by atoms with Crippen LogP contribution in [-0.2, 0) is 7.05 Å². The Morgan fingerprint density at radius 2 is 2.24 bits per heavy atom. The molecule has 0 radical (unpaired) electrons. The van der Waals surface area contributed by atoms with E-state index in [0.29, 0.717) is 0 Å². The van der Waals surface area contributed by atoms with E-state index >= 15 is 0 Å². The zero-order chi connectivity index (χ0) is 11.0. The minimum absolute atomic E-state index is 0. The molecule has 0 atom stereocenters. The summed E-state index contributed by atoms with van der Waals surface area (Å²) < 4.78 is 1.91. The highest BCUT2D eigenvalue weighted by molar-refractivity contribution is 5.85. The number of rotatable bonds is 1. The van der Waals surface area contributed by atoms with Gasteiger partial charge in [0.05, 0.1) is 11.7 Å². The standard InChI is InChI=1S/C13H15N3.ClH/c1-16-13-3-2-11(8-12(13)9-15-16)10-4-6-14-7-5-10;/h2-4,8-9,14H,5-7H2,1H3;1H. The third kappa shape index (κ3) is 2.21. The summed E-state index contributed by atoms with van der Waals surface area (Å²) >= 11 is 0. The monoisotopic (exact) mass is 249 g/mol. The first-order chi connectivity index (χ1) is 7.84. The summed E-state index contributed by atoms with van der Waals surface area (Å²) in [6, 6.07) is 6.58. The van der Waals surface area contributed by atoms with Crippen LogP contribution in [0.4, 0.5) is 0 Å². The van der Waals surface area contributed by atoms with Crippen molar-refractivity contribution in [2.75, 3.05) is 13.1 Å². The van der Waals surface area contributed by atoms with Gasteiger partial charge in [-0.1, -0.05) is 12.1 Å². The molecule has 3 nitrogen and oxygen atoms in total. The molecule has 0 fully saturated rings. The van der Waals surface area contributed by atoms with Crippen molar-refractivity contribution in [1.29, 1.82) is 0 Å². The van der Waals surface area contributed by atoms with Gasteiger partial charge in [-0.15, -0.1) is 12.4 Å². The average molecular weight is 250 g/mol. The van der Waals surface area contributed by atoms with Gasteiger partial charge in [0.2, 0.25) is 0 Å². The highest BCUT2D eigenvalue weighted by Crippen LogP contribution is 2.23. The maximum atomic E-state index is 4.27. The Kier molecular flexibility index (Phi) is 3.50. The van der Waals surface area contributed by atoms with Gasteiger partial charge in [0.15, 0.2) is 0 Å². The second kappa shape index (κ2) is 4.90. The van der Waals surface area contributed by atoms with Crippen molar-refractivity contribution >= 4 is 28.9 Å². The van der Waals surface area contributed by atoms with E-state index in [4.69, 9.17) is 0 Å². The number of hydrogen-bond acceptors (Lipinski definition) is 2. The van der Waals surface area contributed by atoms with Gasteiger partial charge < -0.3 is 5.32 Å². The van der Waals surface area contributed by atoms with Crippen LogP contribution < -0.4 is 5.32 Å². The molecule has 1 N–H and O–H groups in total. The van der Waals surface area contributed by atoms with E-state index in [9.17, 15) is 0 Å². The van der Waals surface area contributed by atoms with Gasteiger partial charge in [-0.3, -0.25) is 4.68 Å². The highest BCUT2D eigenvalue weighted by atomic mass is 35.5. The Balaban J connectivity index is 0.00000108. The Bertz CT molecular complexity index is 557. The van der Waals surface area contributed by atoms with Gasteiger partial charge in [0.1, 0.15) is 0 Å². The summed E-state index contributed by atoms with van der Waals surface area (Å²) in [7, 11) is 1.98. The number of nitrogens with zero attached hydrogens (tertiary/aromatic N) is 2. The first kappa shape index (κ1) is 12.1. The number of fused-ring (bicyclic) bond motifs is 1. The normalized spacial score (nSPS) is 15.5. The molecule has 0 unspecified atom stereocenters. The number of halogens is 1. The molecular weight excluding hydrogens is 234 g/mol. The molecule has 0 saturated carbocycles. The van der Waals surface area contributed by atoms with Crippen molar-refractivity contribution < 1.29 is 0 Å². The van der Waals surface area contributed by atoms with E-state index in [1.54, 1.807) is 0 Å². The van der Waals surface area contributed by atoms with Crippen LogP contribution in [0.2, 0.25) is 0 Å². The van der Waals surface area contributed by atoms with Gasteiger partial charge in [0, 0.05) is 19.0 Å². The van der Waals surface area contributed by atoms with E-state index in [1.807, 2.05) is 17.9 Å². The van der Waals surface area contributed by atoms with Crippen LogP contribution in [0.15, 0.2) is 30.5 Å². The van der Waals surface area contributed by atoms with Crippen molar-refractivity contribution in [1.82, 2.24) is 15.1 Å². The van der Waals surface area contributed by atoms with Crippen molar-refractivity contribution in [3.8, 4) is 0 Å². The molecule has 2 aromatic rings. The molecule has 1 aliphatic heterocycles. The van der Waals surface area contributed by atoms with Crippen molar-refractivity contribution in [2.45, 2.75) is 6.42 Å². The molecule has 1 aromatic carbocycles. The molecule has 0 bridgehead atoms. The predicted molar refractivity (Wildman–Crippen MR) is 73.4 cm³/mol. The molecule has 1 aliphatic rings. The number of benzene rings is 1. The molecule has 3 rings (SSSR count). The van der Waals surface area contributed by atoms with Gasteiger partial charge >= 0.3 is 0 Å². The second-order valence-electron chi connectivity index (χ2n) is 4.23. The molecule has 1 aromatic heterocycles. The summed E-state index contributed by atoms with van der Waals surface area (Å²) in [6.07, 6.45) is 5.33. The van der Waals surface area contributed by atoms with E-state index in [0.717, 1.165) is 19.5 Å². The Morgan fingerprint density at radius 3 is 3.00 bits per heavy atom. The van der Waals surface area contributed by atoms with Crippen LogP contribution in [0.5, 0.6) is 0 Å². The van der Waals surface area contributed by atoms with E-state index in [2.05, 4.69) is 34.7 Å². The van der Waals surface area contributed by atoms with E-state index in [-0.39, 0.29) is 12.4 Å². The minimum atomic E-state index is 0. The summed E-state index contributed by atoms with van der Waals surface area (Å²) in [5, 5.41) is 8.82. The average Bonchev–Trinajstić information content (AvgIpc) is 2.72. The molecule has 4 heteroatoms. The Morgan fingerprint density at radius 1 is 1.35 bits per heavy atom. The quantitative estimate of drug-likeness (QED) is 0.841. The van der Waals surface area contributed by atoms with Gasteiger partial charge in [-0.2, -0.15) is 5.10 Å². The van der Waals surface area contributed by atoms with Crippen molar-refractivity contribution in [3.05, 3.63) is 36.0 Å². The number of nitrogens with one attached hydrogen (secondary N) is 1. The van der Waals surface area contributed by atoms with E-state index in [1.165, 1.54) is 22.0 Å². The number of aromatic nitrogens is 2. The van der Waals surface area contributed by atoms with Crippen molar-refractivity contribution in [3.63, 3.8) is 0 Å². The Labute approximate surface area is 107 Å². The van der Waals surface area contributed by atoms with Crippen molar-refractivity contribution in [2.24, 2.45) is 7.05 Å².